The molecule has 0 unspecified atom stereocenters. The van der Waals surface area contributed by atoms with E-state index in [-0.39, 0.29) is 5.75 Å². The molecule has 2 aliphatic rings. The molecular weight excluding hydrogens is 416 g/mol. The van der Waals surface area contributed by atoms with E-state index in [1.165, 1.54) is 4.90 Å². The molecule has 1 amide bonds. The summed E-state index contributed by atoms with van der Waals surface area (Å²) >= 11 is 0. The van der Waals surface area contributed by atoms with Gasteiger partial charge in [0.05, 0.1) is 17.1 Å². The van der Waals surface area contributed by atoms with E-state index in [0.717, 1.165) is 17.1 Å². The van der Waals surface area contributed by atoms with Crippen LogP contribution in [0.3, 0.4) is 0 Å². The van der Waals surface area contributed by atoms with Crippen molar-refractivity contribution in [2.24, 2.45) is 0 Å². The van der Waals surface area contributed by atoms with Gasteiger partial charge in [0.25, 0.3) is 0 Å². The Hall–Kier alpha value is -2.78. The molecule has 0 aliphatic carbocycles. The first-order chi connectivity index (χ1) is 14.9. The van der Waals surface area contributed by atoms with Crippen LogP contribution in [0, 0.1) is 0 Å². The lowest BCUT2D eigenvalue weighted by Gasteiger charge is -2.37. The maximum Gasteiger partial charge on any atom is 0.411 e. The van der Waals surface area contributed by atoms with E-state index < -0.39 is 16.1 Å². The molecule has 2 aromatic carbocycles. The summed E-state index contributed by atoms with van der Waals surface area (Å²) in [7, 11) is -3.15. The maximum absolute atomic E-state index is 12.3. The van der Waals surface area contributed by atoms with Gasteiger partial charge < -0.3 is 14.9 Å². The monoisotopic (exact) mass is 444 g/mol. The minimum Gasteiger partial charge on any atom is -0.465 e. The number of nitrogens with zero attached hydrogens (tertiary/aromatic N) is 4. The number of rotatable bonds is 5. The van der Waals surface area contributed by atoms with Gasteiger partial charge in [-0.05, 0) is 42.8 Å². The number of fused-ring (bicyclic) bond motifs is 1. The Morgan fingerprint density at radius 3 is 2.10 bits per heavy atom. The number of carbonyl (C=O) groups is 1. The lowest BCUT2D eigenvalue weighted by Crippen LogP contribution is -2.49. The molecule has 0 saturated carbocycles. The average molecular weight is 445 g/mol. The molecule has 1 fully saturated rings. The lowest BCUT2D eigenvalue weighted by molar-refractivity contribution is 0.201. The van der Waals surface area contributed by atoms with Crippen LogP contribution in [0.4, 0.5) is 27.5 Å². The molecule has 2 aromatic rings. The molecule has 0 radical (unpaired) electrons. The number of sulfonamides is 1. The molecule has 8 nitrogen and oxygen atoms in total. The van der Waals surface area contributed by atoms with Crippen molar-refractivity contribution in [3.63, 3.8) is 0 Å². The van der Waals surface area contributed by atoms with Crippen LogP contribution in [0.15, 0.2) is 48.5 Å². The molecule has 0 atom stereocenters. The number of hydrogen-bond donors (Lipinski definition) is 1. The Balaban J connectivity index is 1.47. The summed E-state index contributed by atoms with van der Waals surface area (Å²) in [4.78, 5) is 17.3. The Bertz CT molecular complexity index is 1030. The van der Waals surface area contributed by atoms with Gasteiger partial charge in [0.2, 0.25) is 10.0 Å². The molecule has 1 saturated heterocycles. The second kappa shape index (κ2) is 8.76. The van der Waals surface area contributed by atoms with Crippen LogP contribution < -0.4 is 14.7 Å². The highest BCUT2D eigenvalue weighted by Gasteiger charge is 2.28. The molecule has 2 heterocycles. The maximum atomic E-state index is 12.3. The van der Waals surface area contributed by atoms with Crippen LogP contribution in [0.2, 0.25) is 0 Å². The Morgan fingerprint density at radius 2 is 1.48 bits per heavy atom. The summed E-state index contributed by atoms with van der Waals surface area (Å²) in [5.74, 6) is 0.207. The van der Waals surface area contributed by atoms with Crippen LogP contribution in [-0.2, 0) is 10.0 Å². The van der Waals surface area contributed by atoms with Crippen molar-refractivity contribution in [3.05, 3.63) is 48.5 Å². The van der Waals surface area contributed by atoms with Crippen molar-refractivity contribution in [3.8, 4) is 0 Å². The van der Waals surface area contributed by atoms with Crippen molar-refractivity contribution >= 4 is 38.9 Å². The largest absolute Gasteiger partial charge is 0.465 e. The predicted octanol–water partition coefficient (Wildman–Crippen LogP) is 3.18. The van der Waals surface area contributed by atoms with Gasteiger partial charge in [0.15, 0.2) is 0 Å². The smallest absolute Gasteiger partial charge is 0.411 e. The van der Waals surface area contributed by atoms with Gasteiger partial charge in [-0.1, -0.05) is 19.1 Å². The van der Waals surface area contributed by atoms with Crippen molar-refractivity contribution in [1.29, 1.82) is 0 Å². The average Bonchev–Trinajstić information content (AvgIpc) is 2.78. The van der Waals surface area contributed by atoms with E-state index in [2.05, 4.69) is 21.9 Å². The Kier molecular flexibility index (Phi) is 6.06. The van der Waals surface area contributed by atoms with E-state index in [1.54, 1.807) is 4.31 Å². The molecule has 1 N–H and O–H groups in total. The lowest BCUT2D eigenvalue weighted by atomic mass is 10.1. The van der Waals surface area contributed by atoms with E-state index in [9.17, 15) is 18.3 Å². The predicted molar refractivity (Wildman–Crippen MR) is 123 cm³/mol. The normalized spacial score (nSPS) is 17.5. The molecule has 4 rings (SSSR count). The number of para-hydroxylation sites is 2. The summed E-state index contributed by atoms with van der Waals surface area (Å²) in [6.45, 7) is 5.22. The SMILES string of the molecule is CCCS(=O)(=O)N1CCN(c2ccc(N3CCN(C(=O)O)c4ccccc43)cc2)CC1. The topological polar surface area (TPSA) is 84.4 Å². The van der Waals surface area contributed by atoms with Gasteiger partial charge in [-0.3, -0.25) is 4.90 Å². The molecule has 2 aliphatic heterocycles. The first-order valence-electron chi connectivity index (χ1n) is 10.6. The Labute approximate surface area is 183 Å². The summed E-state index contributed by atoms with van der Waals surface area (Å²) < 4.78 is 26.1. The number of piperazine rings is 1. The first-order valence-corrected chi connectivity index (χ1v) is 12.2. The van der Waals surface area contributed by atoms with Crippen molar-refractivity contribution < 1.29 is 18.3 Å². The summed E-state index contributed by atoms with van der Waals surface area (Å²) in [6.07, 6.45) is -0.309. The molecule has 0 bridgehead atoms. The molecule has 0 spiro atoms. The van der Waals surface area contributed by atoms with Crippen LogP contribution >= 0.6 is 0 Å². The fourth-order valence-corrected chi connectivity index (χ4v) is 5.78. The number of benzene rings is 2. The van der Waals surface area contributed by atoms with Crippen LogP contribution in [0.5, 0.6) is 0 Å². The molecule has 166 valence electrons. The zero-order valence-electron chi connectivity index (χ0n) is 17.6. The van der Waals surface area contributed by atoms with Gasteiger partial charge in [-0.2, -0.15) is 4.31 Å². The minimum atomic E-state index is -3.15. The second-order valence-corrected chi connectivity index (χ2v) is 9.88. The van der Waals surface area contributed by atoms with Crippen molar-refractivity contribution in [2.45, 2.75) is 13.3 Å². The summed E-state index contributed by atoms with van der Waals surface area (Å²) in [6, 6.07) is 15.7. The molecule has 31 heavy (non-hydrogen) atoms. The minimum absolute atomic E-state index is 0.207. The van der Waals surface area contributed by atoms with E-state index in [1.807, 2.05) is 43.3 Å². The van der Waals surface area contributed by atoms with Crippen LogP contribution in [-0.4, -0.2) is 68.9 Å². The number of hydrogen-bond acceptors (Lipinski definition) is 5. The van der Waals surface area contributed by atoms with E-state index in [4.69, 9.17) is 0 Å². The number of amides is 1. The van der Waals surface area contributed by atoms with Crippen LogP contribution in [0.1, 0.15) is 13.3 Å². The van der Waals surface area contributed by atoms with E-state index in [0.29, 0.717) is 51.4 Å². The number of carboxylic acid groups (broad SMARTS) is 1. The van der Waals surface area contributed by atoms with E-state index >= 15 is 0 Å². The highest BCUT2D eigenvalue weighted by Crippen LogP contribution is 2.38. The third-order valence-electron chi connectivity index (χ3n) is 5.86. The van der Waals surface area contributed by atoms with Gasteiger partial charge in [0.1, 0.15) is 0 Å². The number of anilines is 4. The first kappa shape index (κ1) is 21.5. The van der Waals surface area contributed by atoms with Crippen LogP contribution in [0.25, 0.3) is 0 Å². The second-order valence-electron chi connectivity index (χ2n) is 7.79. The quantitative estimate of drug-likeness (QED) is 0.763. The standard InChI is InChI=1S/C22H28N4O4S/c1-2-17-31(29,30)24-13-11-23(12-14-24)18-7-9-19(10-8-18)25-15-16-26(22(27)28)21-6-4-3-5-20(21)25/h3-10H,2,11-17H2,1H3,(H,27,28). The van der Waals surface area contributed by atoms with Gasteiger partial charge in [0, 0.05) is 50.6 Å². The molecular formula is C22H28N4O4S. The summed E-state index contributed by atoms with van der Waals surface area (Å²) in [5.41, 5.74) is 3.63. The highest BCUT2D eigenvalue weighted by atomic mass is 32.2. The fourth-order valence-electron chi connectivity index (χ4n) is 4.28. The van der Waals surface area contributed by atoms with Crippen molar-refractivity contribution in [2.75, 3.05) is 59.7 Å². The zero-order valence-corrected chi connectivity index (χ0v) is 18.5. The molecule has 9 heteroatoms. The van der Waals surface area contributed by atoms with Gasteiger partial charge in [-0.25, -0.2) is 13.2 Å². The third kappa shape index (κ3) is 4.33. The molecule has 0 aromatic heterocycles. The van der Waals surface area contributed by atoms with Gasteiger partial charge in [-0.15, -0.1) is 0 Å². The summed E-state index contributed by atoms with van der Waals surface area (Å²) in [5, 5.41) is 9.48. The highest BCUT2D eigenvalue weighted by molar-refractivity contribution is 7.89. The van der Waals surface area contributed by atoms with Crippen molar-refractivity contribution in [1.82, 2.24) is 4.31 Å². The third-order valence-corrected chi connectivity index (χ3v) is 7.94. The fraction of sp³-hybridized carbons (Fsp3) is 0.409. The zero-order chi connectivity index (χ0) is 22.0. The van der Waals surface area contributed by atoms with Gasteiger partial charge >= 0.3 is 6.09 Å². The Morgan fingerprint density at radius 1 is 0.871 bits per heavy atom.